The molecule has 1 aliphatic heterocycles. The van der Waals surface area contributed by atoms with Crippen molar-refractivity contribution in [1.29, 1.82) is 0 Å². The van der Waals surface area contributed by atoms with E-state index in [-0.39, 0.29) is 5.54 Å². The van der Waals surface area contributed by atoms with E-state index < -0.39 is 0 Å². The van der Waals surface area contributed by atoms with E-state index >= 15 is 0 Å². The molecule has 0 radical (unpaired) electrons. The first-order valence-electron chi connectivity index (χ1n) is 8.68. The molecule has 0 fully saturated rings. The van der Waals surface area contributed by atoms with Crippen molar-refractivity contribution in [2.24, 2.45) is 4.99 Å². The smallest absolute Gasteiger partial charge is 0.137 e. The molecule has 0 aliphatic carbocycles. The minimum Gasteiger partial charge on any atom is -0.495 e. The molecule has 0 amide bonds. The minimum atomic E-state index is 0.116. The van der Waals surface area contributed by atoms with Crippen LogP contribution in [0.25, 0.3) is 0 Å². The van der Waals surface area contributed by atoms with Gasteiger partial charge in [-0.3, -0.25) is 4.99 Å². The summed E-state index contributed by atoms with van der Waals surface area (Å²) >= 11 is 12.7. The highest BCUT2D eigenvalue weighted by molar-refractivity contribution is 6.33. The molecule has 1 heterocycles. The van der Waals surface area contributed by atoms with E-state index in [0.29, 0.717) is 21.7 Å². The van der Waals surface area contributed by atoms with Gasteiger partial charge in [-0.25, -0.2) is 0 Å². The lowest BCUT2D eigenvalue weighted by molar-refractivity contribution is 0.395. The first-order chi connectivity index (χ1) is 12.2. The highest BCUT2D eigenvalue weighted by Crippen LogP contribution is 2.44. The van der Waals surface area contributed by atoms with Gasteiger partial charge in [0.15, 0.2) is 0 Å². The SMILES string of the molecule is COc1ccc(N=Cc2cc3c(cc2Cl)N(C)C(C)(C)CC3C)cc1Cl. The molecule has 138 valence electrons. The maximum absolute atomic E-state index is 6.55. The topological polar surface area (TPSA) is 24.8 Å². The summed E-state index contributed by atoms with van der Waals surface area (Å²) in [4.78, 5) is 6.85. The Morgan fingerprint density at radius 2 is 1.92 bits per heavy atom. The maximum Gasteiger partial charge on any atom is 0.137 e. The van der Waals surface area contributed by atoms with Gasteiger partial charge in [0, 0.05) is 30.1 Å². The second kappa shape index (κ2) is 7.13. The third kappa shape index (κ3) is 3.56. The van der Waals surface area contributed by atoms with Crippen LogP contribution in [0.4, 0.5) is 11.4 Å². The predicted octanol–water partition coefficient (Wildman–Crippen LogP) is 6.47. The van der Waals surface area contributed by atoms with Gasteiger partial charge in [0.1, 0.15) is 5.75 Å². The summed E-state index contributed by atoms with van der Waals surface area (Å²) in [5.74, 6) is 1.10. The van der Waals surface area contributed by atoms with Crippen LogP contribution in [0.2, 0.25) is 10.0 Å². The Hall–Kier alpha value is -1.71. The van der Waals surface area contributed by atoms with Crippen LogP contribution >= 0.6 is 23.2 Å². The zero-order valence-corrected chi connectivity index (χ0v) is 17.3. The van der Waals surface area contributed by atoms with E-state index in [2.05, 4.69) is 49.8 Å². The van der Waals surface area contributed by atoms with Crippen LogP contribution in [0.15, 0.2) is 35.3 Å². The first kappa shape index (κ1) is 19.1. The molecular formula is C21H24Cl2N2O. The number of methoxy groups -OCH3 is 1. The van der Waals surface area contributed by atoms with Crippen molar-refractivity contribution in [3.05, 3.63) is 51.5 Å². The van der Waals surface area contributed by atoms with Crippen LogP contribution in [0.1, 0.15) is 44.2 Å². The van der Waals surface area contributed by atoms with Gasteiger partial charge in [-0.05, 0) is 62.1 Å². The van der Waals surface area contributed by atoms with Crippen molar-refractivity contribution in [1.82, 2.24) is 0 Å². The Morgan fingerprint density at radius 1 is 1.19 bits per heavy atom. The summed E-state index contributed by atoms with van der Waals surface area (Å²) < 4.78 is 5.17. The second-order valence-corrected chi connectivity index (χ2v) is 8.30. The molecule has 2 aromatic carbocycles. The highest BCUT2D eigenvalue weighted by atomic mass is 35.5. The quantitative estimate of drug-likeness (QED) is 0.560. The molecule has 1 aliphatic rings. The van der Waals surface area contributed by atoms with E-state index in [1.807, 2.05) is 12.1 Å². The largest absolute Gasteiger partial charge is 0.495 e. The number of aliphatic imine (C=N–C) groups is 1. The monoisotopic (exact) mass is 390 g/mol. The molecule has 26 heavy (non-hydrogen) atoms. The third-order valence-electron chi connectivity index (χ3n) is 5.24. The summed E-state index contributed by atoms with van der Waals surface area (Å²) in [5.41, 5.74) is 4.30. The van der Waals surface area contributed by atoms with Crippen molar-refractivity contribution in [2.45, 2.75) is 38.6 Å². The average Bonchev–Trinajstić information content (AvgIpc) is 2.58. The maximum atomic E-state index is 6.55. The molecule has 0 aromatic heterocycles. The Labute approximate surface area is 165 Å². The molecule has 3 rings (SSSR count). The van der Waals surface area contributed by atoms with Crippen LogP contribution in [-0.4, -0.2) is 25.9 Å². The molecule has 2 aromatic rings. The summed E-state index contributed by atoms with van der Waals surface area (Å²) in [5, 5.41) is 1.24. The van der Waals surface area contributed by atoms with E-state index in [9.17, 15) is 0 Å². The van der Waals surface area contributed by atoms with E-state index in [4.69, 9.17) is 27.9 Å². The summed E-state index contributed by atoms with van der Waals surface area (Å²) in [6, 6.07) is 9.66. The number of hydrogen-bond donors (Lipinski definition) is 0. The fraction of sp³-hybridized carbons (Fsp3) is 0.381. The summed E-state index contributed by atoms with van der Waals surface area (Å²) in [6.07, 6.45) is 2.90. The van der Waals surface area contributed by atoms with Crippen molar-refractivity contribution in [3.63, 3.8) is 0 Å². The third-order valence-corrected chi connectivity index (χ3v) is 5.86. The Morgan fingerprint density at radius 3 is 2.58 bits per heavy atom. The number of fused-ring (bicyclic) bond motifs is 1. The normalized spacial score (nSPS) is 18.9. The predicted molar refractivity (Wildman–Crippen MR) is 112 cm³/mol. The number of rotatable bonds is 3. The molecular weight excluding hydrogens is 367 g/mol. The molecule has 0 spiro atoms. The van der Waals surface area contributed by atoms with Crippen LogP contribution in [0.3, 0.4) is 0 Å². The number of halogens is 2. The fourth-order valence-corrected chi connectivity index (χ4v) is 4.04. The standard InChI is InChI=1S/C21H24Cl2N2O/c1-13-11-21(2,3)25(4)19-10-17(22)14(8-16(13)19)12-24-15-6-7-20(26-5)18(23)9-15/h6-10,12-13H,11H2,1-5H3. The van der Waals surface area contributed by atoms with E-state index in [1.54, 1.807) is 19.4 Å². The van der Waals surface area contributed by atoms with Crippen molar-refractivity contribution >= 4 is 40.8 Å². The van der Waals surface area contributed by atoms with Crippen LogP contribution in [0.5, 0.6) is 5.75 Å². The average molecular weight is 391 g/mol. The summed E-state index contributed by atoms with van der Waals surface area (Å²) in [7, 11) is 3.73. The lowest BCUT2D eigenvalue weighted by atomic mass is 9.80. The van der Waals surface area contributed by atoms with Gasteiger partial charge in [-0.2, -0.15) is 0 Å². The van der Waals surface area contributed by atoms with E-state index in [1.165, 1.54) is 11.3 Å². The van der Waals surface area contributed by atoms with Gasteiger partial charge in [0.2, 0.25) is 0 Å². The zero-order chi connectivity index (χ0) is 19.1. The summed E-state index contributed by atoms with van der Waals surface area (Å²) in [6.45, 7) is 6.80. The zero-order valence-electron chi connectivity index (χ0n) is 15.8. The van der Waals surface area contributed by atoms with Crippen molar-refractivity contribution in [2.75, 3.05) is 19.1 Å². The van der Waals surface area contributed by atoms with Crippen molar-refractivity contribution in [3.8, 4) is 5.75 Å². The van der Waals surface area contributed by atoms with Crippen LogP contribution in [0, 0.1) is 0 Å². The minimum absolute atomic E-state index is 0.116. The number of hydrogen-bond acceptors (Lipinski definition) is 3. The van der Waals surface area contributed by atoms with E-state index in [0.717, 1.165) is 17.7 Å². The van der Waals surface area contributed by atoms with Crippen LogP contribution < -0.4 is 9.64 Å². The molecule has 0 saturated carbocycles. The molecule has 0 N–H and O–H groups in total. The fourth-order valence-electron chi connectivity index (χ4n) is 3.58. The lowest BCUT2D eigenvalue weighted by Crippen LogP contribution is -2.45. The molecule has 5 heteroatoms. The molecule has 1 unspecified atom stereocenters. The Balaban J connectivity index is 1.95. The van der Waals surface area contributed by atoms with Gasteiger partial charge >= 0.3 is 0 Å². The second-order valence-electron chi connectivity index (χ2n) is 7.49. The number of nitrogens with zero attached hydrogens (tertiary/aromatic N) is 2. The van der Waals surface area contributed by atoms with Crippen molar-refractivity contribution < 1.29 is 4.74 Å². The number of anilines is 1. The van der Waals surface area contributed by atoms with Gasteiger partial charge in [-0.15, -0.1) is 0 Å². The van der Waals surface area contributed by atoms with Gasteiger partial charge < -0.3 is 9.64 Å². The Bertz CT molecular complexity index is 861. The Kier molecular flexibility index (Phi) is 5.23. The number of ether oxygens (including phenoxy) is 1. The molecule has 3 nitrogen and oxygen atoms in total. The molecule has 0 saturated heterocycles. The highest BCUT2D eigenvalue weighted by Gasteiger charge is 2.34. The van der Waals surface area contributed by atoms with Gasteiger partial charge in [-0.1, -0.05) is 30.1 Å². The first-order valence-corrected chi connectivity index (χ1v) is 9.43. The lowest BCUT2D eigenvalue weighted by Gasteiger charge is -2.45. The van der Waals surface area contributed by atoms with Gasteiger partial charge in [0.25, 0.3) is 0 Å². The van der Waals surface area contributed by atoms with Gasteiger partial charge in [0.05, 0.1) is 22.8 Å². The van der Waals surface area contributed by atoms with Crippen LogP contribution in [-0.2, 0) is 0 Å². The molecule has 1 atom stereocenters. The molecule has 0 bridgehead atoms. The number of benzene rings is 2.